The van der Waals surface area contributed by atoms with Gasteiger partial charge in [0, 0.05) is 38.0 Å². The summed E-state index contributed by atoms with van der Waals surface area (Å²) in [7, 11) is 1.82. The maximum atomic E-state index is 5.54. The minimum atomic E-state index is 0.143. The van der Waals surface area contributed by atoms with Gasteiger partial charge in [-0.25, -0.2) is 0 Å². The topological polar surface area (TPSA) is 24.5 Å². The van der Waals surface area contributed by atoms with Gasteiger partial charge in [-0.15, -0.1) is 0 Å². The van der Waals surface area contributed by atoms with Gasteiger partial charge < -0.3 is 15.0 Å². The van der Waals surface area contributed by atoms with E-state index in [0.717, 1.165) is 19.6 Å². The van der Waals surface area contributed by atoms with E-state index in [1.807, 2.05) is 7.11 Å². The van der Waals surface area contributed by atoms with Gasteiger partial charge in [0.2, 0.25) is 0 Å². The maximum Gasteiger partial charge on any atom is 0.0746 e. The molecule has 0 radical (unpaired) electrons. The van der Waals surface area contributed by atoms with Crippen LogP contribution in [0.1, 0.15) is 39.2 Å². The fourth-order valence-corrected chi connectivity index (χ4v) is 2.68. The van der Waals surface area contributed by atoms with Crippen molar-refractivity contribution in [2.45, 2.75) is 51.8 Å². The first-order valence-electron chi connectivity index (χ1n) is 7.60. The molecule has 3 heteroatoms. The highest BCUT2D eigenvalue weighted by molar-refractivity contribution is 5.54. The number of nitrogens with zero attached hydrogens (tertiary/aromatic N) is 1. The Bertz CT molecular complexity index is 425. The number of piperidine rings is 1. The lowest BCUT2D eigenvalue weighted by molar-refractivity contribution is 0.0893. The Morgan fingerprint density at radius 1 is 1.30 bits per heavy atom. The summed E-state index contributed by atoms with van der Waals surface area (Å²) in [5, 5.41) is 3.58. The molecule has 1 aliphatic rings. The second-order valence-corrected chi connectivity index (χ2v) is 6.68. The highest BCUT2D eigenvalue weighted by Gasteiger charge is 2.21. The summed E-state index contributed by atoms with van der Waals surface area (Å²) < 4.78 is 5.54. The number of ether oxygens (including phenoxy) is 1. The molecule has 0 bridgehead atoms. The molecule has 1 fully saturated rings. The third-order valence-corrected chi connectivity index (χ3v) is 3.85. The summed E-state index contributed by atoms with van der Waals surface area (Å²) >= 11 is 0. The number of anilines is 1. The third kappa shape index (κ3) is 4.22. The van der Waals surface area contributed by atoms with Crippen LogP contribution in [0.25, 0.3) is 0 Å². The van der Waals surface area contributed by atoms with E-state index in [4.69, 9.17) is 4.74 Å². The van der Waals surface area contributed by atoms with Crippen LogP contribution in [0.4, 0.5) is 5.69 Å². The Morgan fingerprint density at radius 3 is 2.75 bits per heavy atom. The van der Waals surface area contributed by atoms with Crippen LogP contribution in [0.2, 0.25) is 0 Å². The van der Waals surface area contributed by atoms with Crippen molar-refractivity contribution in [3.8, 4) is 0 Å². The second kappa shape index (κ2) is 6.59. The molecule has 1 aromatic rings. The SMILES string of the molecule is COC1CCCN(c2ccccc2CNC(C)(C)C)C1. The summed E-state index contributed by atoms with van der Waals surface area (Å²) in [4.78, 5) is 2.47. The third-order valence-electron chi connectivity index (χ3n) is 3.85. The van der Waals surface area contributed by atoms with E-state index in [-0.39, 0.29) is 5.54 Å². The van der Waals surface area contributed by atoms with E-state index in [2.05, 4.69) is 55.3 Å². The van der Waals surface area contributed by atoms with Gasteiger partial charge in [-0.1, -0.05) is 18.2 Å². The number of para-hydroxylation sites is 1. The molecular weight excluding hydrogens is 248 g/mol. The standard InChI is InChI=1S/C17H28N2O/c1-17(2,3)18-12-14-8-5-6-10-16(14)19-11-7-9-15(13-19)20-4/h5-6,8,10,15,18H,7,9,11-13H2,1-4H3. The number of hydrogen-bond donors (Lipinski definition) is 1. The molecule has 1 heterocycles. The van der Waals surface area contributed by atoms with Crippen molar-refractivity contribution in [2.24, 2.45) is 0 Å². The minimum absolute atomic E-state index is 0.143. The number of rotatable bonds is 4. The van der Waals surface area contributed by atoms with Crippen molar-refractivity contribution in [2.75, 3.05) is 25.1 Å². The molecule has 3 nitrogen and oxygen atoms in total. The summed E-state index contributed by atoms with van der Waals surface area (Å²) in [6.07, 6.45) is 2.75. The van der Waals surface area contributed by atoms with Gasteiger partial charge in [0.05, 0.1) is 6.10 Å². The fourth-order valence-electron chi connectivity index (χ4n) is 2.68. The number of benzene rings is 1. The Morgan fingerprint density at radius 2 is 2.05 bits per heavy atom. The van der Waals surface area contributed by atoms with Crippen molar-refractivity contribution in [1.29, 1.82) is 0 Å². The van der Waals surface area contributed by atoms with Crippen LogP contribution >= 0.6 is 0 Å². The predicted molar refractivity (Wildman–Crippen MR) is 85.3 cm³/mol. The quantitative estimate of drug-likeness (QED) is 0.914. The highest BCUT2D eigenvalue weighted by atomic mass is 16.5. The van der Waals surface area contributed by atoms with E-state index < -0.39 is 0 Å². The lowest BCUT2D eigenvalue weighted by atomic mass is 10.0. The Balaban J connectivity index is 2.10. The molecule has 1 aromatic carbocycles. The molecule has 0 aromatic heterocycles. The largest absolute Gasteiger partial charge is 0.380 e. The Hall–Kier alpha value is -1.06. The van der Waals surface area contributed by atoms with E-state index in [1.165, 1.54) is 24.1 Å². The molecule has 1 unspecified atom stereocenters. The van der Waals surface area contributed by atoms with E-state index in [0.29, 0.717) is 6.10 Å². The van der Waals surface area contributed by atoms with Crippen LogP contribution in [0.15, 0.2) is 24.3 Å². The fraction of sp³-hybridized carbons (Fsp3) is 0.647. The van der Waals surface area contributed by atoms with Crippen LogP contribution in [-0.4, -0.2) is 31.8 Å². The number of hydrogen-bond acceptors (Lipinski definition) is 3. The van der Waals surface area contributed by atoms with Gasteiger partial charge >= 0.3 is 0 Å². The highest BCUT2D eigenvalue weighted by Crippen LogP contribution is 2.25. The van der Waals surface area contributed by atoms with Gasteiger partial charge in [0.15, 0.2) is 0 Å². The second-order valence-electron chi connectivity index (χ2n) is 6.68. The monoisotopic (exact) mass is 276 g/mol. The van der Waals surface area contributed by atoms with Gasteiger partial charge in [-0.05, 0) is 45.2 Å². The molecule has 0 saturated carbocycles. The molecule has 1 N–H and O–H groups in total. The molecule has 2 rings (SSSR count). The number of nitrogens with one attached hydrogen (secondary N) is 1. The van der Waals surface area contributed by atoms with Crippen molar-refractivity contribution >= 4 is 5.69 Å². The van der Waals surface area contributed by atoms with E-state index in [1.54, 1.807) is 0 Å². The van der Waals surface area contributed by atoms with Crippen LogP contribution in [0.3, 0.4) is 0 Å². The summed E-state index contributed by atoms with van der Waals surface area (Å²) in [5.41, 5.74) is 2.87. The summed E-state index contributed by atoms with van der Waals surface area (Å²) in [5.74, 6) is 0. The molecule has 112 valence electrons. The first-order valence-corrected chi connectivity index (χ1v) is 7.60. The summed E-state index contributed by atoms with van der Waals surface area (Å²) in [6.45, 7) is 9.66. The smallest absolute Gasteiger partial charge is 0.0746 e. The minimum Gasteiger partial charge on any atom is -0.380 e. The molecule has 1 aliphatic heterocycles. The van der Waals surface area contributed by atoms with Gasteiger partial charge in [-0.3, -0.25) is 0 Å². The average molecular weight is 276 g/mol. The van der Waals surface area contributed by atoms with Crippen LogP contribution in [-0.2, 0) is 11.3 Å². The lowest BCUT2D eigenvalue weighted by Gasteiger charge is -2.35. The first-order chi connectivity index (χ1) is 9.49. The normalized spacial score (nSPS) is 20.2. The zero-order valence-electron chi connectivity index (χ0n) is 13.3. The molecular formula is C17H28N2O. The van der Waals surface area contributed by atoms with E-state index >= 15 is 0 Å². The van der Waals surface area contributed by atoms with Gasteiger partial charge in [-0.2, -0.15) is 0 Å². The van der Waals surface area contributed by atoms with Crippen LogP contribution in [0.5, 0.6) is 0 Å². The molecule has 0 spiro atoms. The molecule has 0 aliphatic carbocycles. The van der Waals surface area contributed by atoms with Gasteiger partial charge in [0.1, 0.15) is 0 Å². The Labute approximate surface area is 123 Å². The maximum absolute atomic E-state index is 5.54. The summed E-state index contributed by atoms with van der Waals surface area (Å²) in [6, 6.07) is 8.72. The molecule has 1 atom stereocenters. The van der Waals surface area contributed by atoms with Crippen LogP contribution < -0.4 is 10.2 Å². The zero-order valence-corrected chi connectivity index (χ0v) is 13.3. The van der Waals surface area contributed by atoms with Crippen LogP contribution in [0, 0.1) is 0 Å². The first kappa shape index (κ1) is 15.3. The Kier molecular flexibility index (Phi) is 5.06. The zero-order chi connectivity index (χ0) is 14.6. The average Bonchev–Trinajstić information content (AvgIpc) is 2.45. The molecule has 20 heavy (non-hydrogen) atoms. The van der Waals surface area contributed by atoms with Crippen molar-refractivity contribution in [1.82, 2.24) is 5.32 Å². The number of methoxy groups -OCH3 is 1. The molecule has 0 amide bonds. The predicted octanol–water partition coefficient (Wildman–Crippen LogP) is 3.19. The van der Waals surface area contributed by atoms with Gasteiger partial charge in [0.25, 0.3) is 0 Å². The van der Waals surface area contributed by atoms with Crippen molar-refractivity contribution in [3.63, 3.8) is 0 Å². The molecule has 1 saturated heterocycles. The lowest BCUT2D eigenvalue weighted by Crippen LogP contribution is -2.40. The van der Waals surface area contributed by atoms with Crippen molar-refractivity contribution < 1.29 is 4.74 Å². The van der Waals surface area contributed by atoms with E-state index in [9.17, 15) is 0 Å². The van der Waals surface area contributed by atoms with Crippen molar-refractivity contribution in [3.05, 3.63) is 29.8 Å².